The number of benzene rings is 1. The maximum atomic E-state index is 6.10. The molecule has 0 atom stereocenters. The van der Waals surface area contributed by atoms with E-state index in [1.165, 1.54) is 6.42 Å². The summed E-state index contributed by atoms with van der Waals surface area (Å²) in [5.74, 6) is 1.46. The van der Waals surface area contributed by atoms with Crippen LogP contribution in [0.15, 0.2) is 28.9 Å². The fourth-order valence-corrected chi connectivity index (χ4v) is 3.02. The van der Waals surface area contributed by atoms with Gasteiger partial charge < -0.3 is 19.7 Å². The first-order valence-electron chi connectivity index (χ1n) is 6.98. The Hall–Kier alpha value is -2.17. The van der Waals surface area contributed by atoms with E-state index in [1.54, 1.807) is 6.20 Å². The number of nitrogens with two attached hydrogens (primary N) is 1. The van der Waals surface area contributed by atoms with Gasteiger partial charge in [0.2, 0.25) is 5.88 Å². The van der Waals surface area contributed by atoms with Crippen molar-refractivity contribution in [3.05, 3.63) is 24.4 Å². The Kier molecular flexibility index (Phi) is 2.42. The van der Waals surface area contributed by atoms with Gasteiger partial charge >= 0.3 is 0 Å². The standard InChI is InChI=1S/C15H16N2O3/c16-14-11(9-17-20-14)10-4-5-12-13(8-10)19-15(18-12)6-2-1-3-7-15/h4-5,8-9H,1-3,6-7,16H2. The van der Waals surface area contributed by atoms with Crippen LogP contribution < -0.4 is 15.2 Å². The van der Waals surface area contributed by atoms with Crippen LogP contribution in [0.25, 0.3) is 11.1 Å². The molecule has 104 valence electrons. The maximum absolute atomic E-state index is 6.10. The van der Waals surface area contributed by atoms with Crippen molar-refractivity contribution >= 4 is 5.88 Å². The summed E-state index contributed by atoms with van der Waals surface area (Å²) in [4.78, 5) is 0. The molecule has 2 aliphatic rings. The third-order valence-electron chi connectivity index (χ3n) is 4.06. The molecule has 0 unspecified atom stereocenters. The molecule has 5 heteroatoms. The van der Waals surface area contributed by atoms with Crippen molar-refractivity contribution < 1.29 is 14.0 Å². The lowest BCUT2D eigenvalue weighted by Crippen LogP contribution is -2.40. The highest BCUT2D eigenvalue weighted by Gasteiger charge is 2.42. The first-order valence-corrected chi connectivity index (χ1v) is 6.98. The molecule has 1 aromatic heterocycles. The van der Waals surface area contributed by atoms with Crippen LogP contribution in [0, 0.1) is 0 Å². The van der Waals surface area contributed by atoms with E-state index in [4.69, 9.17) is 19.7 Å². The van der Waals surface area contributed by atoms with Crippen molar-refractivity contribution in [2.75, 3.05) is 5.73 Å². The van der Waals surface area contributed by atoms with E-state index >= 15 is 0 Å². The molecule has 1 aliphatic heterocycles. The SMILES string of the molecule is Nc1oncc1-c1ccc2c(c1)OC1(CCCCC1)O2. The van der Waals surface area contributed by atoms with Crippen molar-refractivity contribution in [1.82, 2.24) is 5.16 Å². The van der Waals surface area contributed by atoms with Crippen LogP contribution in [-0.4, -0.2) is 10.9 Å². The molecule has 1 aromatic carbocycles. The Labute approximate surface area is 116 Å². The molecular formula is C15H16N2O3. The van der Waals surface area contributed by atoms with Crippen LogP contribution in [0.4, 0.5) is 5.88 Å². The van der Waals surface area contributed by atoms with E-state index in [2.05, 4.69) is 5.16 Å². The average molecular weight is 272 g/mol. The quantitative estimate of drug-likeness (QED) is 0.862. The van der Waals surface area contributed by atoms with E-state index in [9.17, 15) is 0 Å². The number of anilines is 1. The molecule has 1 saturated carbocycles. The van der Waals surface area contributed by atoms with E-state index < -0.39 is 5.79 Å². The van der Waals surface area contributed by atoms with Crippen molar-refractivity contribution in [1.29, 1.82) is 0 Å². The molecule has 2 aromatic rings. The Morgan fingerprint density at radius 1 is 1.05 bits per heavy atom. The van der Waals surface area contributed by atoms with Crippen LogP contribution in [0.3, 0.4) is 0 Å². The van der Waals surface area contributed by atoms with Crippen LogP contribution in [0.5, 0.6) is 11.5 Å². The van der Waals surface area contributed by atoms with E-state index in [0.29, 0.717) is 5.88 Å². The summed E-state index contributed by atoms with van der Waals surface area (Å²) < 4.78 is 17.0. The van der Waals surface area contributed by atoms with Gasteiger partial charge in [-0.2, -0.15) is 0 Å². The van der Waals surface area contributed by atoms with Crippen molar-refractivity contribution in [2.45, 2.75) is 37.9 Å². The number of hydrogen-bond donors (Lipinski definition) is 1. The minimum absolute atomic E-state index is 0.316. The summed E-state index contributed by atoms with van der Waals surface area (Å²) >= 11 is 0. The highest BCUT2D eigenvalue weighted by Crippen LogP contribution is 2.47. The minimum Gasteiger partial charge on any atom is -0.448 e. The zero-order valence-electron chi connectivity index (χ0n) is 11.1. The number of nitrogens with zero attached hydrogens (tertiary/aromatic N) is 1. The Bertz CT molecular complexity index is 644. The van der Waals surface area contributed by atoms with Crippen LogP contribution in [0.2, 0.25) is 0 Å². The molecule has 0 amide bonds. The highest BCUT2D eigenvalue weighted by atomic mass is 16.7. The molecule has 4 rings (SSSR count). The molecular weight excluding hydrogens is 256 g/mol. The second-order valence-electron chi connectivity index (χ2n) is 5.44. The summed E-state index contributed by atoms with van der Waals surface area (Å²) in [7, 11) is 0. The number of fused-ring (bicyclic) bond motifs is 1. The molecule has 0 radical (unpaired) electrons. The van der Waals surface area contributed by atoms with Gasteiger partial charge in [0, 0.05) is 12.8 Å². The Morgan fingerprint density at radius 2 is 1.85 bits per heavy atom. The molecule has 20 heavy (non-hydrogen) atoms. The van der Waals surface area contributed by atoms with Crippen LogP contribution in [-0.2, 0) is 0 Å². The van der Waals surface area contributed by atoms with Gasteiger partial charge in [-0.25, -0.2) is 0 Å². The second kappa shape index (κ2) is 4.16. The average Bonchev–Trinajstić information content (AvgIpc) is 3.02. The monoisotopic (exact) mass is 272 g/mol. The lowest BCUT2D eigenvalue weighted by atomic mass is 9.94. The van der Waals surface area contributed by atoms with Crippen molar-refractivity contribution in [3.63, 3.8) is 0 Å². The van der Waals surface area contributed by atoms with Gasteiger partial charge in [-0.05, 0) is 30.5 Å². The largest absolute Gasteiger partial charge is 0.448 e. The zero-order valence-corrected chi connectivity index (χ0v) is 11.1. The number of ether oxygens (including phenoxy) is 2. The molecule has 1 fully saturated rings. The van der Waals surface area contributed by atoms with E-state index in [-0.39, 0.29) is 0 Å². The van der Waals surface area contributed by atoms with Gasteiger partial charge in [0.25, 0.3) is 5.79 Å². The summed E-state index contributed by atoms with van der Waals surface area (Å²) in [5, 5.41) is 3.70. The van der Waals surface area contributed by atoms with Crippen molar-refractivity contribution in [3.8, 4) is 22.6 Å². The molecule has 2 heterocycles. The third kappa shape index (κ3) is 1.73. The number of hydrogen-bond acceptors (Lipinski definition) is 5. The third-order valence-corrected chi connectivity index (χ3v) is 4.06. The predicted molar refractivity (Wildman–Crippen MR) is 73.4 cm³/mol. The summed E-state index contributed by atoms with van der Waals surface area (Å²) in [5.41, 5.74) is 7.46. The lowest BCUT2D eigenvalue weighted by Gasteiger charge is -2.31. The van der Waals surface area contributed by atoms with Gasteiger partial charge in [-0.3, -0.25) is 0 Å². The molecule has 1 spiro atoms. The Morgan fingerprint density at radius 3 is 2.60 bits per heavy atom. The molecule has 5 nitrogen and oxygen atoms in total. The lowest BCUT2D eigenvalue weighted by molar-refractivity contribution is -0.105. The van der Waals surface area contributed by atoms with Crippen molar-refractivity contribution in [2.24, 2.45) is 0 Å². The second-order valence-corrected chi connectivity index (χ2v) is 5.44. The summed E-state index contributed by atoms with van der Waals surface area (Å²) in [6, 6.07) is 5.83. The fourth-order valence-electron chi connectivity index (χ4n) is 3.02. The Balaban J connectivity index is 1.68. The fraction of sp³-hybridized carbons (Fsp3) is 0.400. The van der Waals surface area contributed by atoms with E-state index in [1.807, 2.05) is 18.2 Å². The summed E-state index contributed by atoms with van der Waals surface area (Å²) in [6.45, 7) is 0. The zero-order chi connectivity index (χ0) is 13.6. The molecule has 1 aliphatic carbocycles. The predicted octanol–water partition coefficient (Wildman–Crippen LogP) is 3.36. The first kappa shape index (κ1) is 11.6. The van der Waals surface area contributed by atoms with Gasteiger partial charge in [0.1, 0.15) is 0 Å². The maximum Gasteiger partial charge on any atom is 0.251 e. The first-order chi connectivity index (χ1) is 9.76. The molecule has 0 bridgehead atoms. The van der Waals surface area contributed by atoms with Crippen LogP contribution >= 0.6 is 0 Å². The van der Waals surface area contributed by atoms with Gasteiger partial charge in [0.15, 0.2) is 11.5 Å². The van der Waals surface area contributed by atoms with Gasteiger partial charge in [-0.1, -0.05) is 17.6 Å². The normalized spacial score (nSPS) is 19.4. The van der Waals surface area contributed by atoms with Gasteiger partial charge in [-0.15, -0.1) is 0 Å². The number of nitrogen functional groups attached to an aromatic ring is 1. The van der Waals surface area contributed by atoms with Gasteiger partial charge in [0.05, 0.1) is 11.8 Å². The number of rotatable bonds is 1. The number of aromatic nitrogens is 1. The summed E-state index contributed by atoms with van der Waals surface area (Å²) in [6.07, 6.45) is 7.08. The smallest absolute Gasteiger partial charge is 0.251 e. The molecule has 0 saturated heterocycles. The van der Waals surface area contributed by atoms with E-state index in [0.717, 1.165) is 48.3 Å². The minimum atomic E-state index is -0.445. The topological polar surface area (TPSA) is 70.5 Å². The highest BCUT2D eigenvalue weighted by molar-refractivity contribution is 5.74. The van der Waals surface area contributed by atoms with Crippen LogP contribution in [0.1, 0.15) is 32.1 Å². The molecule has 2 N–H and O–H groups in total.